The maximum Gasteiger partial charge on any atom is 0.243 e. The van der Waals surface area contributed by atoms with Gasteiger partial charge < -0.3 is 5.11 Å². The number of thioether (sulfide) groups is 1. The van der Waals surface area contributed by atoms with Crippen LogP contribution in [0, 0.1) is 0 Å². The summed E-state index contributed by atoms with van der Waals surface area (Å²) >= 11 is 1.77. The van der Waals surface area contributed by atoms with E-state index in [9.17, 15) is 13.5 Å². The zero-order chi connectivity index (χ0) is 12.5. The van der Waals surface area contributed by atoms with Gasteiger partial charge in [0.15, 0.2) is 0 Å². The number of hydrogen-bond acceptors (Lipinski definition) is 4. The molecule has 17 heavy (non-hydrogen) atoms. The van der Waals surface area contributed by atoms with Crippen LogP contribution >= 0.6 is 11.8 Å². The minimum atomic E-state index is -3.42. The third kappa shape index (κ3) is 2.59. The van der Waals surface area contributed by atoms with Crippen molar-refractivity contribution in [3.63, 3.8) is 0 Å². The van der Waals surface area contributed by atoms with Crippen LogP contribution in [0.15, 0.2) is 29.2 Å². The molecule has 1 N–H and O–H groups in total. The van der Waals surface area contributed by atoms with Crippen molar-refractivity contribution in [2.24, 2.45) is 0 Å². The van der Waals surface area contributed by atoms with Crippen molar-refractivity contribution in [3.8, 4) is 5.75 Å². The number of sulfonamides is 1. The highest BCUT2D eigenvalue weighted by Crippen LogP contribution is 2.25. The summed E-state index contributed by atoms with van der Waals surface area (Å²) in [5.41, 5.74) is 0. The van der Waals surface area contributed by atoms with Crippen LogP contribution in [-0.2, 0) is 10.0 Å². The van der Waals surface area contributed by atoms with Gasteiger partial charge in [0.25, 0.3) is 0 Å². The van der Waals surface area contributed by atoms with Crippen molar-refractivity contribution in [3.05, 3.63) is 24.3 Å². The van der Waals surface area contributed by atoms with Crippen LogP contribution < -0.4 is 0 Å². The van der Waals surface area contributed by atoms with Gasteiger partial charge in [-0.05, 0) is 31.2 Å². The molecule has 0 aliphatic carbocycles. The molecule has 1 aromatic rings. The van der Waals surface area contributed by atoms with E-state index in [2.05, 4.69) is 0 Å². The quantitative estimate of drug-likeness (QED) is 0.887. The molecule has 1 atom stereocenters. The number of phenolic OH excluding ortho intramolecular Hbond substituents is 1. The molecule has 0 aromatic heterocycles. The standard InChI is InChI=1S/C11H15NO3S2/c1-9-8-16-7-6-12(9)17(14,15)11-4-2-10(13)3-5-11/h2-5,9,13H,6-8H2,1H3. The van der Waals surface area contributed by atoms with Gasteiger partial charge in [-0.25, -0.2) is 8.42 Å². The van der Waals surface area contributed by atoms with Gasteiger partial charge in [-0.2, -0.15) is 16.1 Å². The Labute approximate surface area is 106 Å². The van der Waals surface area contributed by atoms with Crippen molar-refractivity contribution in [2.75, 3.05) is 18.1 Å². The lowest BCUT2D eigenvalue weighted by Gasteiger charge is -2.31. The highest BCUT2D eigenvalue weighted by atomic mass is 32.2. The minimum Gasteiger partial charge on any atom is -0.508 e. The molecule has 0 bridgehead atoms. The van der Waals surface area contributed by atoms with Gasteiger partial charge in [0.1, 0.15) is 5.75 Å². The van der Waals surface area contributed by atoms with E-state index in [1.807, 2.05) is 6.92 Å². The number of benzene rings is 1. The van der Waals surface area contributed by atoms with Gasteiger partial charge in [-0.1, -0.05) is 0 Å². The summed E-state index contributed by atoms with van der Waals surface area (Å²) < 4.78 is 26.2. The molecule has 1 aliphatic rings. The van der Waals surface area contributed by atoms with E-state index >= 15 is 0 Å². The maximum absolute atomic E-state index is 12.3. The smallest absolute Gasteiger partial charge is 0.243 e. The normalized spacial score (nSPS) is 22.5. The molecule has 94 valence electrons. The molecule has 0 saturated carbocycles. The van der Waals surface area contributed by atoms with E-state index in [1.54, 1.807) is 11.8 Å². The molecular formula is C11H15NO3S2. The van der Waals surface area contributed by atoms with Gasteiger partial charge in [-0.15, -0.1) is 0 Å². The first-order chi connectivity index (χ1) is 8.01. The predicted molar refractivity (Wildman–Crippen MR) is 68.8 cm³/mol. The highest BCUT2D eigenvalue weighted by Gasteiger charge is 2.30. The van der Waals surface area contributed by atoms with Crippen molar-refractivity contribution in [1.29, 1.82) is 0 Å². The Kier molecular flexibility index (Phi) is 3.65. The highest BCUT2D eigenvalue weighted by molar-refractivity contribution is 7.99. The van der Waals surface area contributed by atoms with Crippen molar-refractivity contribution in [2.45, 2.75) is 17.9 Å². The summed E-state index contributed by atoms with van der Waals surface area (Å²) in [4.78, 5) is 0.244. The summed E-state index contributed by atoms with van der Waals surface area (Å²) in [6.45, 7) is 2.47. The number of nitrogens with zero attached hydrogens (tertiary/aromatic N) is 1. The Morgan fingerprint density at radius 3 is 2.59 bits per heavy atom. The first kappa shape index (κ1) is 12.7. The molecule has 2 rings (SSSR count). The second-order valence-electron chi connectivity index (χ2n) is 4.03. The van der Waals surface area contributed by atoms with Gasteiger partial charge in [0, 0.05) is 24.1 Å². The lowest BCUT2D eigenvalue weighted by atomic mass is 10.3. The Morgan fingerprint density at radius 2 is 2.00 bits per heavy atom. The molecule has 1 heterocycles. The monoisotopic (exact) mass is 273 g/mol. The van der Waals surface area contributed by atoms with E-state index < -0.39 is 10.0 Å². The Morgan fingerprint density at radius 1 is 1.35 bits per heavy atom. The third-order valence-corrected chi connectivity index (χ3v) is 5.97. The first-order valence-electron chi connectivity index (χ1n) is 5.40. The van der Waals surface area contributed by atoms with E-state index in [4.69, 9.17) is 0 Å². The summed E-state index contributed by atoms with van der Waals surface area (Å²) in [5.74, 6) is 1.74. The van der Waals surface area contributed by atoms with E-state index in [-0.39, 0.29) is 16.7 Å². The van der Waals surface area contributed by atoms with Crippen LogP contribution in [0.3, 0.4) is 0 Å². The van der Waals surface area contributed by atoms with Crippen LogP contribution in [0.1, 0.15) is 6.92 Å². The molecule has 0 spiro atoms. The van der Waals surface area contributed by atoms with Gasteiger partial charge in [0.05, 0.1) is 4.90 Å². The summed E-state index contributed by atoms with van der Waals surface area (Å²) in [6, 6.07) is 5.71. The molecule has 1 saturated heterocycles. The van der Waals surface area contributed by atoms with Crippen LogP contribution in [0.2, 0.25) is 0 Å². The average Bonchev–Trinajstić information content (AvgIpc) is 2.30. The molecule has 0 amide bonds. The summed E-state index contributed by atoms with van der Waals surface area (Å²) in [5, 5.41) is 9.17. The Bertz CT molecular complexity index is 484. The van der Waals surface area contributed by atoms with Crippen LogP contribution in [-0.4, -0.2) is 41.9 Å². The fourth-order valence-electron chi connectivity index (χ4n) is 1.82. The number of phenols is 1. The molecule has 1 aromatic carbocycles. The van der Waals surface area contributed by atoms with Crippen molar-refractivity contribution >= 4 is 21.8 Å². The molecule has 0 radical (unpaired) electrons. The molecule has 6 heteroatoms. The average molecular weight is 273 g/mol. The Hall–Kier alpha value is -0.720. The van der Waals surface area contributed by atoms with Crippen LogP contribution in [0.4, 0.5) is 0 Å². The fourth-order valence-corrected chi connectivity index (χ4v) is 4.68. The second-order valence-corrected chi connectivity index (χ2v) is 7.07. The third-order valence-electron chi connectivity index (χ3n) is 2.75. The Balaban J connectivity index is 2.32. The zero-order valence-electron chi connectivity index (χ0n) is 9.54. The van der Waals surface area contributed by atoms with Crippen LogP contribution in [0.5, 0.6) is 5.75 Å². The predicted octanol–water partition coefficient (Wildman–Crippen LogP) is 1.52. The number of hydrogen-bond donors (Lipinski definition) is 1. The van der Waals surface area contributed by atoms with Crippen molar-refractivity contribution in [1.82, 2.24) is 4.31 Å². The van der Waals surface area contributed by atoms with E-state index in [1.165, 1.54) is 28.6 Å². The van der Waals surface area contributed by atoms with Crippen LogP contribution in [0.25, 0.3) is 0 Å². The lowest BCUT2D eigenvalue weighted by molar-refractivity contribution is 0.367. The maximum atomic E-state index is 12.3. The van der Waals surface area contributed by atoms with E-state index in [0.29, 0.717) is 6.54 Å². The molecule has 1 fully saturated rings. The summed E-state index contributed by atoms with van der Waals surface area (Å²) in [7, 11) is -3.42. The lowest BCUT2D eigenvalue weighted by Crippen LogP contribution is -2.44. The van der Waals surface area contributed by atoms with Gasteiger partial charge >= 0.3 is 0 Å². The summed E-state index contributed by atoms with van der Waals surface area (Å²) in [6.07, 6.45) is 0. The molecule has 1 unspecified atom stereocenters. The number of aromatic hydroxyl groups is 1. The number of rotatable bonds is 2. The van der Waals surface area contributed by atoms with Gasteiger partial charge in [-0.3, -0.25) is 0 Å². The zero-order valence-corrected chi connectivity index (χ0v) is 11.2. The van der Waals surface area contributed by atoms with E-state index in [0.717, 1.165) is 11.5 Å². The topological polar surface area (TPSA) is 57.6 Å². The fraction of sp³-hybridized carbons (Fsp3) is 0.455. The largest absolute Gasteiger partial charge is 0.508 e. The second kappa shape index (κ2) is 4.88. The first-order valence-corrected chi connectivity index (χ1v) is 8.00. The minimum absolute atomic E-state index is 0.0209. The molecule has 4 nitrogen and oxygen atoms in total. The van der Waals surface area contributed by atoms with Gasteiger partial charge in [0.2, 0.25) is 10.0 Å². The van der Waals surface area contributed by atoms with Crippen molar-refractivity contribution < 1.29 is 13.5 Å². The molecular weight excluding hydrogens is 258 g/mol. The SMILES string of the molecule is CC1CSCCN1S(=O)(=O)c1ccc(O)cc1. The molecule has 1 aliphatic heterocycles.